The van der Waals surface area contributed by atoms with Gasteiger partial charge in [-0.05, 0) is 32.6 Å². The molecule has 2 nitrogen and oxygen atoms in total. The molecule has 0 aromatic rings. The van der Waals surface area contributed by atoms with Crippen LogP contribution >= 0.6 is 0 Å². The highest BCUT2D eigenvalue weighted by atomic mass is 16.5. The van der Waals surface area contributed by atoms with Gasteiger partial charge in [-0.3, -0.25) is 4.79 Å². The number of hydrogen-bond donors (Lipinski definition) is 0. The number of unbranched alkanes of at least 4 members (excludes halogenated alkanes) is 2. The largest absolute Gasteiger partial charge is 0.466 e. The lowest BCUT2D eigenvalue weighted by molar-refractivity contribution is -0.143. The van der Waals surface area contributed by atoms with E-state index in [-0.39, 0.29) is 5.97 Å². The molecule has 0 amide bonds. The second-order valence-corrected chi connectivity index (χ2v) is 3.82. The van der Waals surface area contributed by atoms with Gasteiger partial charge in [-0.15, -0.1) is 0 Å². The molecular weight excluding hydrogens is 188 g/mol. The molecule has 2 heteroatoms. The molecule has 0 aromatic carbocycles. The molecule has 0 aliphatic heterocycles. The van der Waals surface area contributed by atoms with E-state index in [1.54, 1.807) is 0 Å². The van der Waals surface area contributed by atoms with E-state index in [0.717, 1.165) is 19.3 Å². The van der Waals surface area contributed by atoms with Crippen molar-refractivity contribution in [3.63, 3.8) is 0 Å². The standard InChI is InChI=1S/C13H20O2/c1-2-15-13(14)11-5-3-4-8-12-9-6-7-10-12/h6-7,9H,2-5,8,10-11H2,1H3. The van der Waals surface area contributed by atoms with Crippen LogP contribution in [0, 0.1) is 0 Å². The van der Waals surface area contributed by atoms with Crippen molar-refractivity contribution < 1.29 is 9.53 Å². The predicted molar refractivity (Wildman–Crippen MR) is 61.6 cm³/mol. The van der Waals surface area contributed by atoms with Crippen LogP contribution in [0.25, 0.3) is 0 Å². The average molecular weight is 208 g/mol. The zero-order valence-corrected chi connectivity index (χ0v) is 9.50. The molecule has 15 heavy (non-hydrogen) atoms. The summed E-state index contributed by atoms with van der Waals surface area (Å²) in [6, 6.07) is 0. The molecule has 0 bridgehead atoms. The summed E-state index contributed by atoms with van der Waals surface area (Å²) in [5, 5.41) is 0. The average Bonchev–Trinajstić information content (AvgIpc) is 2.70. The van der Waals surface area contributed by atoms with E-state index >= 15 is 0 Å². The Kier molecular flexibility index (Phi) is 5.83. The summed E-state index contributed by atoms with van der Waals surface area (Å²) in [7, 11) is 0. The highest BCUT2D eigenvalue weighted by Gasteiger charge is 2.02. The van der Waals surface area contributed by atoms with Crippen molar-refractivity contribution in [1.29, 1.82) is 0 Å². The quantitative estimate of drug-likeness (QED) is 0.473. The summed E-state index contributed by atoms with van der Waals surface area (Å²) in [5.41, 5.74) is 1.52. The molecule has 0 atom stereocenters. The van der Waals surface area contributed by atoms with E-state index in [0.29, 0.717) is 13.0 Å². The first-order valence-electron chi connectivity index (χ1n) is 5.83. The van der Waals surface area contributed by atoms with E-state index < -0.39 is 0 Å². The van der Waals surface area contributed by atoms with Gasteiger partial charge in [0.1, 0.15) is 0 Å². The van der Waals surface area contributed by atoms with Crippen LogP contribution < -0.4 is 0 Å². The Morgan fingerprint density at radius 1 is 1.40 bits per heavy atom. The molecular formula is C13H20O2. The van der Waals surface area contributed by atoms with Crippen LogP contribution in [0.2, 0.25) is 0 Å². The Morgan fingerprint density at radius 2 is 2.27 bits per heavy atom. The monoisotopic (exact) mass is 208 g/mol. The van der Waals surface area contributed by atoms with Crippen LogP contribution in [0.1, 0.15) is 45.4 Å². The van der Waals surface area contributed by atoms with Gasteiger partial charge in [0.15, 0.2) is 0 Å². The van der Waals surface area contributed by atoms with Crippen molar-refractivity contribution >= 4 is 5.97 Å². The van der Waals surface area contributed by atoms with Gasteiger partial charge in [-0.2, -0.15) is 0 Å². The second-order valence-electron chi connectivity index (χ2n) is 3.82. The fourth-order valence-corrected chi connectivity index (χ4v) is 1.71. The molecule has 0 saturated heterocycles. The number of carbonyl (C=O) groups excluding carboxylic acids is 1. The summed E-state index contributed by atoms with van der Waals surface area (Å²) in [6.45, 7) is 2.34. The number of allylic oxidation sites excluding steroid dienone is 4. The topological polar surface area (TPSA) is 26.3 Å². The molecule has 0 N–H and O–H groups in total. The summed E-state index contributed by atoms with van der Waals surface area (Å²) in [6.07, 6.45) is 12.6. The summed E-state index contributed by atoms with van der Waals surface area (Å²) < 4.78 is 4.86. The molecule has 0 radical (unpaired) electrons. The van der Waals surface area contributed by atoms with E-state index in [9.17, 15) is 4.79 Å². The zero-order chi connectivity index (χ0) is 10.9. The minimum atomic E-state index is -0.0563. The Bertz CT molecular complexity index is 251. The molecule has 84 valence electrons. The number of esters is 1. The molecule has 0 heterocycles. The van der Waals surface area contributed by atoms with Gasteiger partial charge in [-0.1, -0.05) is 30.2 Å². The molecule has 1 aliphatic rings. The number of carbonyl (C=O) groups is 1. The number of hydrogen-bond acceptors (Lipinski definition) is 2. The van der Waals surface area contributed by atoms with Crippen molar-refractivity contribution in [2.45, 2.75) is 45.4 Å². The number of rotatable bonds is 7. The maximum Gasteiger partial charge on any atom is 0.305 e. The lowest BCUT2D eigenvalue weighted by Crippen LogP contribution is -2.03. The normalized spacial score (nSPS) is 14.1. The van der Waals surface area contributed by atoms with Crippen molar-refractivity contribution in [1.82, 2.24) is 0 Å². The Hall–Kier alpha value is -1.05. The third-order valence-electron chi connectivity index (χ3n) is 2.53. The van der Waals surface area contributed by atoms with Crippen LogP contribution in [-0.2, 0) is 9.53 Å². The molecule has 1 aliphatic carbocycles. The molecule has 0 unspecified atom stereocenters. The first-order valence-corrected chi connectivity index (χ1v) is 5.83. The van der Waals surface area contributed by atoms with Crippen molar-refractivity contribution in [3.05, 3.63) is 23.8 Å². The Labute approximate surface area is 92.0 Å². The fourth-order valence-electron chi connectivity index (χ4n) is 1.71. The minimum Gasteiger partial charge on any atom is -0.466 e. The molecule has 0 saturated carbocycles. The second kappa shape index (κ2) is 7.27. The first kappa shape index (κ1) is 12.0. The summed E-state index contributed by atoms with van der Waals surface area (Å²) in [4.78, 5) is 11.0. The van der Waals surface area contributed by atoms with Gasteiger partial charge in [0.05, 0.1) is 6.61 Å². The maximum atomic E-state index is 11.0. The predicted octanol–water partition coefficient (Wildman–Crippen LogP) is 3.39. The van der Waals surface area contributed by atoms with E-state index in [4.69, 9.17) is 4.74 Å². The highest BCUT2D eigenvalue weighted by molar-refractivity contribution is 5.69. The van der Waals surface area contributed by atoms with Gasteiger partial charge in [0.2, 0.25) is 0 Å². The van der Waals surface area contributed by atoms with Crippen molar-refractivity contribution in [2.75, 3.05) is 6.61 Å². The van der Waals surface area contributed by atoms with Crippen LogP contribution in [0.3, 0.4) is 0 Å². The van der Waals surface area contributed by atoms with E-state index in [2.05, 4.69) is 18.2 Å². The van der Waals surface area contributed by atoms with Gasteiger partial charge in [0, 0.05) is 6.42 Å². The Balaban J connectivity index is 1.91. The summed E-state index contributed by atoms with van der Waals surface area (Å²) in [5.74, 6) is -0.0563. The Morgan fingerprint density at radius 3 is 2.93 bits per heavy atom. The zero-order valence-electron chi connectivity index (χ0n) is 9.50. The third kappa shape index (κ3) is 5.40. The van der Waals surface area contributed by atoms with Crippen LogP contribution in [0.5, 0.6) is 0 Å². The third-order valence-corrected chi connectivity index (χ3v) is 2.53. The smallest absolute Gasteiger partial charge is 0.305 e. The SMILES string of the molecule is CCOC(=O)CCCCCC1=CC=CC1. The van der Waals surface area contributed by atoms with Gasteiger partial charge >= 0.3 is 5.97 Å². The van der Waals surface area contributed by atoms with Gasteiger partial charge in [0.25, 0.3) is 0 Å². The fraction of sp³-hybridized carbons (Fsp3) is 0.615. The van der Waals surface area contributed by atoms with Crippen molar-refractivity contribution in [2.24, 2.45) is 0 Å². The van der Waals surface area contributed by atoms with Gasteiger partial charge in [-0.25, -0.2) is 0 Å². The lowest BCUT2D eigenvalue weighted by atomic mass is 10.1. The highest BCUT2D eigenvalue weighted by Crippen LogP contribution is 2.17. The summed E-state index contributed by atoms with van der Waals surface area (Å²) >= 11 is 0. The van der Waals surface area contributed by atoms with E-state index in [1.807, 2.05) is 6.92 Å². The first-order chi connectivity index (χ1) is 7.33. The minimum absolute atomic E-state index is 0.0563. The molecule has 0 aromatic heterocycles. The van der Waals surface area contributed by atoms with Crippen molar-refractivity contribution in [3.8, 4) is 0 Å². The lowest BCUT2D eigenvalue weighted by Gasteiger charge is -2.02. The van der Waals surface area contributed by atoms with Crippen LogP contribution in [-0.4, -0.2) is 12.6 Å². The van der Waals surface area contributed by atoms with Crippen LogP contribution in [0.15, 0.2) is 23.8 Å². The van der Waals surface area contributed by atoms with Gasteiger partial charge < -0.3 is 4.74 Å². The molecule has 0 fully saturated rings. The van der Waals surface area contributed by atoms with Crippen LogP contribution in [0.4, 0.5) is 0 Å². The molecule has 0 spiro atoms. The molecule has 1 rings (SSSR count). The van der Waals surface area contributed by atoms with E-state index in [1.165, 1.54) is 18.4 Å². The maximum absolute atomic E-state index is 11.0. The number of ether oxygens (including phenoxy) is 1.